The summed E-state index contributed by atoms with van der Waals surface area (Å²) in [4.78, 5) is 12.5. The van der Waals surface area contributed by atoms with Crippen LogP contribution in [0.25, 0.3) is 0 Å². The Bertz CT molecular complexity index is 1300. The Hall–Kier alpha value is -2.75. The van der Waals surface area contributed by atoms with Crippen molar-refractivity contribution in [3.63, 3.8) is 0 Å². The molecule has 0 aliphatic heterocycles. The molecule has 0 aliphatic rings. The second-order valence-electron chi connectivity index (χ2n) is 7.37. The normalized spacial score (nSPS) is 11.1. The van der Waals surface area contributed by atoms with Crippen molar-refractivity contribution in [2.24, 2.45) is 0 Å². The van der Waals surface area contributed by atoms with Gasteiger partial charge in [-0.15, -0.1) is 0 Å². The third-order valence-electron chi connectivity index (χ3n) is 4.94. The van der Waals surface area contributed by atoms with Crippen LogP contribution in [0.2, 0.25) is 5.02 Å². The molecule has 0 aromatic heterocycles. The fourth-order valence-electron chi connectivity index (χ4n) is 3.25. The van der Waals surface area contributed by atoms with Crippen LogP contribution in [0, 0.1) is 6.92 Å². The molecule has 0 heterocycles. The number of halogens is 2. The van der Waals surface area contributed by atoms with Crippen LogP contribution in [-0.2, 0) is 21.2 Å². The predicted octanol–water partition coefficient (Wildman–Crippen LogP) is 5.80. The summed E-state index contributed by atoms with van der Waals surface area (Å²) >= 11 is 9.52. The van der Waals surface area contributed by atoms with Crippen molar-refractivity contribution < 1.29 is 22.7 Å². The molecule has 34 heavy (non-hydrogen) atoms. The lowest BCUT2D eigenvalue weighted by Crippen LogP contribution is -2.21. The smallest absolute Gasteiger partial charge is 0.262 e. The summed E-state index contributed by atoms with van der Waals surface area (Å²) < 4.78 is 39.4. The second kappa shape index (κ2) is 11.1. The maximum absolute atomic E-state index is 12.7. The fourth-order valence-corrected chi connectivity index (χ4v) is 5.18. The molecule has 1 amide bonds. The number of sulfonamides is 1. The maximum Gasteiger partial charge on any atom is 0.262 e. The molecule has 0 saturated heterocycles. The number of aryl methyl sites for hydroxylation is 2. The van der Waals surface area contributed by atoms with E-state index in [0.717, 1.165) is 27.7 Å². The molecule has 7 nitrogen and oxygen atoms in total. The van der Waals surface area contributed by atoms with E-state index in [9.17, 15) is 13.2 Å². The van der Waals surface area contributed by atoms with Gasteiger partial charge in [-0.05, 0) is 79.1 Å². The standard InChI is InChI=1S/C24H24BrClN2O5S/c1-4-16-12-17(25)11-15(2)24(16)27-23(29)14-33-19-6-8-20(9-7-19)34(30,31)28-18-5-10-22(32-3)21(26)13-18/h5-13,28H,4,14H2,1-3H3,(H,27,29). The first-order valence-corrected chi connectivity index (χ1v) is 13.0. The Morgan fingerprint density at radius 3 is 2.41 bits per heavy atom. The molecule has 180 valence electrons. The summed E-state index contributed by atoms with van der Waals surface area (Å²) in [5.74, 6) is 0.496. The predicted molar refractivity (Wildman–Crippen MR) is 138 cm³/mol. The molecule has 3 aromatic rings. The van der Waals surface area contributed by atoms with Crippen LogP contribution in [-0.4, -0.2) is 28.0 Å². The maximum atomic E-state index is 12.7. The highest BCUT2D eigenvalue weighted by Crippen LogP contribution is 2.29. The molecule has 0 fully saturated rings. The SMILES string of the molecule is CCc1cc(Br)cc(C)c1NC(=O)COc1ccc(S(=O)(=O)Nc2ccc(OC)c(Cl)c2)cc1. The number of hydrogen-bond acceptors (Lipinski definition) is 5. The Labute approximate surface area is 212 Å². The molecule has 0 radical (unpaired) electrons. The Kier molecular flexibility index (Phi) is 8.46. The van der Waals surface area contributed by atoms with Crippen molar-refractivity contribution in [3.8, 4) is 11.5 Å². The molecule has 0 unspecified atom stereocenters. The van der Waals surface area contributed by atoms with Gasteiger partial charge >= 0.3 is 0 Å². The molecule has 0 aliphatic carbocycles. The topological polar surface area (TPSA) is 93.7 Å². The Balaban J connectivity index is 1.62. The zero-order chi connectivity index (χ0) is 24.9. The van der Waals surface area contributed by atoms with Crippen LogP contribution < -0.4 is 19.5 Å². The summed E-state index contributed by atoms with van der Waals surface area (Å²) in [5.41, 5.74) is 3.03. The summed E-state index contributed by atoms with van der Waals surface area (Å²) in [6, 6.07) is 14.3. The average molecular weight is 568 g/mol. The fraction of sp³-hybridized carbons (Fsp3) is 0.208. The van der Waals surface area contributed by atoms with Crippen LogP contribution in [0.15, 0.2) is 64.0 Å². The number of benzene rings is 3. The van der Waals surface area contributed by atoms with Crippen LogP contribution in [0.1, 0.15) is 18.1 Å². The van der Waals surface area contributed by atoms with E-state index in [-0.39, 0.29) is 22.4 Å². The number of hydrogen-bond donors (Lipinski definition) is 2. The summed E-state index contributed by atoms with van der Waals surface area (Å²) in [6.45, 7) is 3.72. The Morgan fingerprint density at radius 2 is 1.79 bits per heavy atom. The van der Waals surface area contributed by atoms with E-state index in [1.54, 1.807) is 12.1 Å². The monoisotopic (exact) mass is 566 g/mol. The third kappa shape index (κ3) is 6.43. The number of nitrogens with one attached hydrogen (secondary N) is 2. The zero-order valence-electron chi connectivity index (χ0n) is 18.8. The van der Waals surface area contributed by atoms with Crippen LogP contribution in [0.5, 0.6) is 11.5 Å². The van der Waals surface area contributed by atoms with Crippen LogP contribution in [0.4, 0.5) is 11.4 Å². The van der Waals surface area contributed by atoms with E-state index >= 15 is 0 Å². The number of rotatable bonds is 9. The highest BCUT2D eigenvalue weighted by molar-refractivity contribution is 9.10. The van der Waals surface area contributed by atoms with Crippen molar-refractivity contribution in [1.29, 1.82) is 0 Å². The van der Waals surface area contributed by atoms with Crippen molar-refractivity contribution in [3.05, 3.63) is 75.2 Å². The molecule has 0 saturated carbocycles. The number of carbonyl (C=O) groups is 1. The first-order valence-electron chi connectivity index (χ1n) is 10.3. The first kappa shape index (κ1) is 25.9. The van der Waals surface area contributed by atoms with E-state index in [1.807, 2.05) is 26.0 Å². The van der Waals surface area contributed by atoms with Gasteiger partial charge in [-0.2, -0.15) is 0 Å². The number of anilines is 2. The summed E-state index contributed by atoms with van der Waals surface area (Å²) in [7, 11) is -2.37. The average Bonchev–Trinajstić information content (AvgIpc) is 2.79. The molecule has 0 spiro atoms. The number of amides is 1. The molecule has 2 N–H and O–H groups in total. The summed E-state index contributed by atoms with van der Waals surface area (Å²) in [6.07, 6.45) is 0.767. The number of carbonyl (C=O) groups excluding carboxylic acids is 1. The highest BCUT2D eigenvalue weighted by atomic mass is 79.9. The number of methoxy groups -OCH3 is 1. The molecule has 0 bridgehead atoms. The lowest BCUT2D eigenvalue weighted by atomic mass is 10.1. The second-order valence-corrected chi connectivity index (χ2v) is 10.4. The van der Waals surface area contributed by atoms with Gasteiger partial charge in [0.1, 0.15) is 11.5 Å². The van der Waals surface area contributed by atoms with E-state index in [2.05, 4.69) is 26.0 Å². The minimum Gasteiger partial charge on any atom is -0.495 e. The third-order valence-corrected chi connectivity index (χ3v) is 7.09. The minimum absolute atomic E-state index is 0.0364. The Morgan fingerprint density at radius 1 is 1.09 bits per heavy atom. The lowest BCUT2D eigenvalue weighted by molar-refractivity contribution is -0.118. The van der Waals surface area contributed by atoms with Gasteiger partial charge in [-0.3, -0.25) is 9.52 Å². The van der Waals surface area contributed by atoms with Gasteiger partial charge < -0.3 is 14.8 Å². The van der Waals surface area contributed by atoms with Gasteiger partial charge in [-0.25, -0.2) is 8.42 Å². The number of ether oxygens (including phenoxy) is 2. The van der Waals surface area contributed by atoms with Gasteiger partial charge in [0, 0.05) is 10.2 Å². The van der Waals surface area contributed by atoms with E-state index in [0.29, 0.717) is 17.2 Å². The van der Waals surface area contributed by atoms with Crippen LogP contribution in [0.3, 0.4) is 0 Å². The van der Waals surface area contributed by atoms with Gasteiger partial charge in [0.2, 0.25) is 0 Å². The van der Waals surface area contributed by atoms with Crippen molar-refractivity contribution >= 4 is 54.8 Å². The van der Waals surface area contributed by atoms with Gasteiger partial charge in [0.25, 0.3) is 15.9 Å². The molecule has 3 rings (SSSR count). The van der Waals surface area contributed by atoms with E-state index in [4.69, 9.17) is 21.1 Å². The molecule has 3 aromatic carbocycles. The molecular formula is C24H24BrClN2O5S. The van der Waals surface area contributed by atoms with Gasteiger partial charge in [0.05, 0.1) is 22.7 Å². The van der Waals surface area contributed by atoms with Gasteiger partial charge in [-0.1, -0.05) is 34.5 Å². The highest BCUT2D eigenvalue weighted by Gasteiger charge is 2.16. The van der Waals surface area contributed by atoms with Crippen LogP contribution >= 0.6 is 27.5 Å². The quantitative estimate of drug-likeness (QED) is 0.341. The largest absolute Gasteiger partial charge is 0.495 e. The minimum atomic E-state index is -3.84. The van der Waals surface area contributed by atoms with Gasteiger partial charge in [0.15, 0.2) is 6.61 Å². The lowest BCUT2D eigenvalue weighted by Gasteiger charge is -2.14. The first-order chi connectivity index (χ1) is 16.1. The van der Waals surface area contributed by atoms with Crippen molar-refractivity contribution in [2.45, 2.75) is 25.2 Å². The van der Waals surface area contributed by atoms with Crippen molar-refractivity contribution in [1.82, 2.24) is 0 Å². The molecule has 10 heteroatoms. The summed E-state index contributed by atoms with van der Waals surface area (Å²) in [5, 5.41) is 3.18. The molecular weight excluding hydrogens is 544 g/mol. The zero-order valence-corrected chi connectivity index (χ0v) is 22.0. The van der Waals surface area contributed by atoms with E-state index in [1.165, 1.54) is 37.4 Å². The molecule has 0 atom stereocenters. The van der Waals surface area contributed by atoms with E-state index < -0.39 is 10.0 Å². The van der Waals surface area contributed by atoms with Crippen molar-refractivity contribution in [2.75, 3.05) is 23.8 Å².